The van der Waals surface area contributed by atoms with E-state index in [1.807, 2.05) is 6.07 Å². The number of nitrogens with one attached hydrogen (secondary N) is 1. The maximum Gasteiger partial charge on any atom is 0.221 e. The van der Waals surface area contributed by atoms with Crippen molar-refractivity contribution in [3.8, 4) is 11.8 Å². The van der Waals surface area contributed by atoms with Crippen LogP contribution in [0.5, 0.6) is 5.75 Å². The van der Waals surface area contributed by atoms with E-state index in [0.29, 0.717) is 17.0 Å². The van der Waals surface area contributed by atoms with Gasteiger partial charge in [0.2, 0.25) is 5.91 Å². The summed E-state index contributed by atoms with van der Waals surface area (Å²) in [4.78, 5) is 22.5. The van der Waals surface area contributed by atoms with E-state index in [1.165, 1.54) is 33.1 Å². The second-order valence-electron chi connectivity index (χ2n) is 3.45. The molecule has 0 spiro atoms. The molecule has 5 nitrogen and oxygen atoms in total. The number of rotatable bonds is 3. The second-order valence-corrected chi connectivity index (χ2v) is 3.45. The first kappa shape index (κ1) is 12.7. The van der Waals surface area contributed by atoms with Gasteiger partial charge in [-0.05, 0) is 13.0 Å². The first-order valence-corrected chi connectivity index (χ1v) is 4.90. The minimum Gasteiger partial charge on any atom is -0.495 e. The van der Waals surface area contributed by atoms with E-state index in [9.17, 15) is 9.59 Å². The number of Topliss-reactive ketones (excluding diaryl/α,β-unsaturated/α-hetero) is 1. The average molecular weight is 232 g/mol. The zero-order chi connectivity index (χ0) is 13.0. The molecule has 0 bridgehead atoms. The lowest BCUT2D eigenvalue weighted by atomic mass is 10.0. The fourth-order valence-corrected chi connectivity index (χ4v) is 1.42. The molecule has 1 rings (SSSR count). The zero-order valence-corrected chi connectivity index (χ0v) is 9.83. The smallest absolute Gasteiger partial charge is 0.221 e. The monoisotopic (exact) mass is 232 g/mol. The number of amides is 1. The van der Waals surface area contributed by atoms with Crippen molar-refractivity contribution < 1.29 is 14.3 Å². The fraction of sp³-hybridized carbons (Fsp3) is 0.250. The minimum atomic E-state index is -0.310. The third-order valence-corrected chi connectivity index (χ3v) is 2.13. The maximum absolute atomic E-state index is 11.5. The highest BCUT2D eigenvalue weighted by Crippen LogP contribution is 2.30. The third kappa shape index (κ3) is 2.82. The van der Waals surface area contributed by atoms with Gasteiger partial charge in [0.1, 0.15) is 5.75 Å². The maximum atomic E-state index is 11.5. The van der Waals surface area contributed by atoms with Gasteiger partial charge in [-0.3, -0.25) is 9.59 Å². The normalized spacial score (nSPS) is 9.29. The van der Waals surface area contributed by atoms with Crippen molar-refractivity contribution in [3.63, 3.8) is 0 Å². The lowest BCUT2D eigenvalue weighted by molar-refractivity contribution is -0.114. The van der Waals surface area contributed by atoms with E-state index >= 15 is 0 Å². The Hall–Kier alpha value is -2.35. The van der Waals surface area contributed by atoms with E-state index < -0.39 is 0 Å². The van der Waals surface area contributed by atoms with Crippen LogP contribution in [-0.4, -0.2) is 18.8 Å². The van der Waals surface area contributed by atoms with Crippen LogP contribution >= 0.6 is 0 Å². The molecule has 0 saturated carbocycles. The molecule has 0 fully saturated rings. The molecule has 88 valence electrons. The number of carbonyl (C=O) groups is 2. The predicted octanol–water partition coefficient (Wildman–Crippen LogP) is 1.73. The minimum absolute atomic E-state index is 0.246. The van der Waals surface area contributed by atoms with Gasteiger partial charge in [-0.25, -0.2) is 0 Å². The Balaban J connectivity index is 3.47. The summed E-state index contributed by atoms with van der Waals surface area (Å²) in [6, 6.07) is 4.83. The molecule has 1 amide bonds. The van der Waals surface area contributed by atoms with Gasteiger partial charge in [-0.15, -0.1) is 0 Å². The van der Waals surface area contributed by atoms with Crippen LogP contribution in [0.4, 0.5) is 5.69 Å². The summed E-state index contributed by atoms with van der Waals surface area (Å²) < 4.78 is 5.06. The molecule has 0 aliphatic carbocycles. The number of benzene rings is 1. The summed E-state index contributed by atoms with van der Waals surface area (Å²) in [5, 5.41) is 11.4. The number of ether oxygens (including phenoxy) is 1. The van der Waals surface area contributed by atoms with Gasteiger partial charge >= 0.3 is 0 Å². The molecule has 0 heterocycles. The largest absolute Gasteiger partial charge is 0.495 e. The molecule has 17 heavy (non-hydrogen) atoms. The van der Waals surface area contributed by atoms with Crippen LogP contribution < -0.4 is 10.1 Å². The molecule has 0 aliphatic heterocycles. The Morgan fingerprint density at radius 1 is 1.35 bits per heavy atom. The number of nitrogens with zero attached hydrogens (tertiary/aromatic N) is 1. The molecule has 1 aromatic carbocycles. The van der Waals surface area contributed by atoms with Gasteiger partial charge in [-0.1, -0.05) is 0 Å². The highest BCUT2D eigenvalue weighted by atomic mass is 16.5. The second kappa shape index (κ2) is 5.12. The van der Waals surface area contributed by atoms with Gasteiger partial charge in [0, 0.05) is 18.6 Å². The fourth-order valence-electron chi connectivity index (χ4n) is 1.42. The Bertz CT molecular complexity index is 515. The number of ketones is 1. The molecule has 1 aromatic rings. The topological polar surface area (TPSA) is 79.2 Å². The van der Waals surface area contributed by atoms with Crippen molar-refractivity contribution in [2.75, 3.05) is 12.4 Å². The standard InChI is InChI=1S/C12H12N2O3/c1-7(15)10-4-9(6-13)5-11(17-3)12(10)14-8(2)16/h4-5H,1-3H3,(H,14,16). The van der Waals surface area contributed by atoms with E-state index in [4.69, 9.17) is 10.00 Å². The number of carbonyl (C=O) groups excluding carboxylic acids is 2. The molecule has 0 aliphatic rings. The first-order valence-electron chi connectivity index (χ1n) is 4.90. The van der Waals surface area contributed by atoms with Gasteiger partial charge < -0.3 is 10.1 Å². The summed E-state index contributed by atoms with van der Waals surface area (Å²) in [5.74, 6) is -0.260. The average Bonchev–Trinajstić information content (AvgIpc) is 2.28. The molecule has 5 heteroatoms. The molecule has 0 atom stereocenters. The molecule has 0 radical (unpaired) electrons. The van der Waals surface area contributed by atoms with Crippen LogP contribution in [0.1, 0.15) is 29.8 Å². The van der Waals surface area contributed by atoms with Gasteiger partial charge in [-0.2, -0.15) is 5.26 Å². The molecule has 1 N–H and O–H groups in total. The third-order valence-electron chi connectivity index (χ3n) is 2.13. The van der Waals surface area contributed by atoms with E-state index in [2.05, 4.69) is 5.32 Å². The van der Waals surface area contributed by atoms with Crippen LogP contribution in [0.3, 0.4) is 0 Å². The van der Waals surface area contributed by atoms with Crippen molar-refractivity contribution in [1.29, 1.82) is 5.26 Å². The van der Waals surface area contributed by atoms with Gasteiger partial charge in [0.15, 0.2) is 5.78 Å². The number of hydrogen-bond acceptors (Lipinski definition) is 4. The Morgan fingerprint density at radius 2 is 2.00 bits per heavy atom. The highest BCUT2D eigenvalue weighted by molar-refractivity contribution is 6.05. The highest BCUT2D eigenvalue weighted by Gasteiger charge is 2.15. The zero-order valence-electron chi connectivity index (χ0n) is 9.83. The lowest BCUT2D eigenvalue weighted by Crippen LogP contribution is -2.11. The number of anilines is 1. The van der Waals surface area contributed by atoms with E-state index in [0.717, 1.165) is 0 Å². The van der Waals surface area contributed by atoms with Gasteiger partial charge in [0.25, 0.3) is 0 Å². The molecule has 0 unspecified atom stereocenters. The van der Waals surface area contributed by atoms with Crippen molar-refractivity contribution in [2.24, 2.45) is 0 Å². The number of methoxy groups -OCH3 is 1. The SMILES string of the molecule is COc1cc(C#N)cc(C(C)=O)c1NC(C)=O. The Morgan fingerprint density at radius 3 is 2.41 bits per heavy atom. The molecule has 0 saturated heterocycles. The quantitative estimate of drug-likeness (QED) is 0.805. The van der Waals surface area contributed by atoms with Crippen LogP contribution in [0.2, 0.25) is 0 Å². The summed E-state index contributed by atoms with van der Waals surface area (Å²) in [7, 11) is 1.41. The predicted molar refractivity (Wildman–Crippen MR) is 62.0 cm³/mol. The summed E-state index contributed by atoms with van der Waals surface area (Å²) in [5.41, 5.74) is 0.865. The summed E-state index contributed by atoms with van der Waals surface area (Å²) in [6.45, 7) is 2.70. The van der Waals surface area contributed by atoms with Crippen molar-refractivity contribution in [1.82, 2.24) is 0 Å². The van der Waals surface area contributed by atoms with E-state index in [-0.39, 0.29) is 17.3 Å². The van der Waals surface area contributed by atoms with Crippen LogP contribution in [0, 0.1) is 11.3 Å². The molecular formula is C12H12N2O3. The first-order chi connectivity index (χ1) is 7.99. The summed E-state index contributed by atoms with van der Waals surface area (Å²) in [6.07, 6.45) is 0. The number of hydrogen-bond donors (Lipinski definition) is 1. The number of nitriles is 1. The Kier molecular flexibility index (Phi) is 3.83. The van der Waals surface area contributed by atoms with Crippen LogP contribution in [0.25, 0.3) is 0 Å². The van der Waals surface area contributed by atoms with Crippen molar-refractivity contribution in [2.45, 2.75) is 13.8 Å². The van der Waals surface area contributed by atoms with Crippen molar-refractivity contribution >= 4 is 17.4 Å². The van der Waals surface area contributed by atoms with Crippen LogP contribution in [0.15, 0.2) is 12.1 Å². The van der Waals surface area contributed by atoms with Gasteiger partial charge in [0.05, 0.1) is 24.4 Å². The molecule has 0 aromatic heterocycles. The van der Waals surface area contributed by atoms with Crippen molar-refractivity contribution in [3.05, 3.63) is 23.3 Å². The Labute approximate surface area is 99.0 Å². The lowest BCUT2D eigenvalue weighted by Gasteiger charge is -2.13. The van der Waals surface area contributed by atoms with E-state index in [1.54, 1.807) is 0 Å². The summed E-state index contributed by atoms with van der Waals surface area (Å²) >= 11 is 0. The van der Waals surface area contributed by atoms with Crippen LogP contribution in [-0.2, 0) is 4.79 Å². The molecular weight excluding hydrogens is 220 g/mol.